The number of amides is 1. The van der Waals surface area contributed by atoms with Crippen LogP contribution in [0.3, 0.4) is 0 Å². The predicted molar refractivity (Wildman–Crippen MR) is 120 cm³/mol. The van der Waals surface area contributed by atoms with Crippen molar-refractivity contribution in [3.8, 4) is 0 Å². The molecule has 31 heavy (non-hydrogen) atoms. The molecule has 1 aliphatic carbocycles. The summed E-state index contributed by atoms with van der Waals surface area (Å²) in [5.74, 6) is 0.703. The molecule has 164 valence electrons. The predicted octanol–water partition coefficient (Wildman–Crippen LogP) is 4.69. The van der Waals surface area contributed by atoms with Crippen molar-refractivity contribution in [3.63, 3.8) is 0 Å². The number of anilines is 1. The molecular formula is C25H31N3O3. The van der Waals surface area contributed by atoms with Gasteiger partial charge in [-0.05, 0) is 80.9 Å². The first kappa shape index (κ1) is 20.3. The lowest BCUT2D eigenvalue weighted by molar-refractivity contribution is -0.144. The van der Waals surface area contributed by atoms with Gasteiger partial charge >= 0.3 is 5.97 Å². The van der Waals surface area contributed by atoms with E-state index in [1.165, 1.54) is 25.7 Å². The van der Waals surface area contributed by atoms with Crippen molar-refractivity contribution in [3.05, 3.63) is 36.0 Å². The number of carbonyl (C=O) groups is 2. The Hall–Kier alpha value is -2.63. The van der Waals surface area contributed by atoms with E-state index >= 15 is 0 Å². The number of rotatable bonds is 4. The second-order valence-corrected chi connectivity index (χ2v) is 9.84. The first-order chi connectivity index (χ1) is 15.0. The smallest absolute Gasteiger partial charge is 0.306 e. The number of carboxylic acid groups (broad SMARTS) is 1. The van der Waals surface area contributed by atoms with E-state index in [4.69, 9.17) is 0 Å². The van der Waals surface area contributed by atoms with Gasteiger partial charge in [-0.2, -0.15) is 0 Å². The molecule has 6 nitrogen and oxygen atoms in total. The van der Waals surface area contributed by atoms with Gasteiger partial charge in [0.05, 0.1) is 5.92 Å². The molecule has 0 radical (unpaired) electrons. The van der Waals surface area contributed by atoms with Crippen molar-refractivity contribution in [2.75, 3.05) is 5.32 Å². The van der Waals surface area contributed by atoms with Crippen molar-refractivity contribution in [2.45, 2.75) is 76.4 Å². The summed E-state index contributed by atoms with van der Waals surface area (Å²) in [5, 5.41) is 15.0. The monoisotopic (exact) mass is 421 g/mol. The number of hydrogen-bond donors (Lipinski definition) is 2. The van der Waals surface area contributed by atoms with Crippen LogP contribution in [0.5, 0.6) is 0 Å². The second-order valence-electron chi connectivity index (χ2n) is 9.84. The minimum atomic E-state index is -0.729. The molecule has 1 aromatic carbocycles. The fraction of sp³-hybridized carbons (Fsp3) is 0.560. The standard InChI is InChI=1S/C25H31N3O3/c1-15-2-6-20(7-3-15)27-23-13-16-4-5-17(10-19(16)14-26-23)24(29)28-21-8-9-22(28)12-18(11-21)25(30)31/h4-5,10,13-15,18,20-22H,2-3,6-9,11-12H2,1H3,(H,26,27)(H,30,31)/t15-,18?,20+,21?,22?. The fourth-order valence-corrected chi connectivity index (χ4v) is 5.83. The van der Waals surface area contributed by atoms with Gasteiger partial charge in [-0.3, -0.25) is 9.59 Å². The molecule has 3 heterocycles. The van der Waals surface area contributed by atoms with E-state index in [-0.39, 0.29) is 23.9 Å². The summed E-state index contributed by atoms with van der Waals surface area (Å²) < 4.78 is 0. The van der Waals surface area contributed by atoms with Gasteiger partial charge < -0.3 is 15.3 Å². The van der Waals surface area contributed by atoms with Gasteiger partial charge in [0.1, 0.15) is 5.82 Å². The van der Waals surface area contributed by atoms with Crippen molar-refractivity contribution in [2.24, 2.45) is 11.8 Å². The third kappa shape index (κ3) is 4.00. The van der Waals surface area contributed by atoms with Gasteiger partial charge in [0.15, 0.2) is 0 Å². The van der Waals surface area contributed by atoms with E-state index in [1.54, 1.807) is 0 Å². The van der Waals surface area contributed by atoms with Crippen LogP contribution in [0.25, 0.3) is 10.8 Å². The maximum Gasteiger partial charge on any atom is 0.306 e. The molecule has 2 atom stereocenters. The van der Waals surface area contributed by atoms with Crippen LogP contribution in [0.15, 0.2) is 30.5 Å². The Balaban J connectivity index is 1.31. The van der Waals surface area contributed by atoms with Crippen LogP contribution in [0, 0.1) is 11.8 Å². The molecule has 5 rings (SSSR count). The number of pyridine rings is 1. The molecule has 3 aliphatic rings. The fourth-order valence-electron chi connectivity index (χ4n) is 5.83. The van der Waals surface area contributed by atoms with Crippen molar-refractivity contribution >= 4 is 28.5 Å². The average molecular weight is 422 g/mol. The van der Waals surface area contributed by atoms with E-state index in [2.05, 4.69) is 23.3 Å². The maximum absolute atomic E-state index is 13.3. The number of nitrogens with zero attached hydrogens (tertiary/aromatic N) is 2. The zero-order valence-electron chi connectivity index (χ0n) is 18.1. The van der Waals surface area contributed by atoms with Crippen LogP contribution in [0.1, 0.15) is 68.6 Å². The number of nitrogens with one attached hydrogen (secondary N) is 1. The Kier molecular flexibility index (Phi) is 5.32. The summed E-state index contributed by atoms with van der Waals surface area (Å²) in [5.41, 5.74) is 0.668. The number of fused-ring (bicyclic) bond motifs is 3. The topological polar surface area (TPSA) is 82.5 Å². The summed E-state index contributed by atoms with van der Waals surface area (Å²) >= 11 is 0. The van der Waals surface area contributed by atoms with Crippen LogP contribution in [0.4, 0.5) is 5.82 Å². The summed E-state index contributed by atoms with van der Waals surface area (Å²) in [6, 6.07) is 8.50. The minimum Gasteiger partial charge on any atom is -0.481 e. The lowest BCUT2D eigenvalue weighted by Gasteiger charge is -2.37. The third-order valence-electron chi connectivity index (χ3n) is 7.65. The summed E-state index contributed by atoms with van der Waals surface area (Å²) in [6.07, 6.45) is 9.72. The highest BCUT2D eigenvalue weighted by atomic mass is 16.4. The molecular weight excluding hydrogens is 390 g/mol. The van der Waals surface area contributed by atoms with Crippen molar-refractivity contribution in [1.29, 1.82) is 0 Å². The van der Waals surface area contributed by atoms with E-state index in [0.29, 0.717) is 24.4 Å². The maximum atomic E-state index is 13.3. The van der Waals surface area contributed by atoms with Crippen LogP contribution in [-0.4, -0.2) is 45.0 Å². The number of hydrogen-bond acceptors (Lipinski definition) is 4. The molecule has 2 aromatic rings. The molecule has 1 amide bonds. The Morgan fingerprint density at radius 1 is 1.00 bits per heavy atom. The zero-order valence-corrected chi connectivity index (χ0v) is 18.1. The van der Waals surface area contributed by atoms with Crippen molar-refractivity contribution < 1.29 is 14.7 Å². The summed E-state index contributed by atoms with van der Waals surface area (Å²) in [7, 11) is 0. The van der Waals surface area contributed by atoms with Gasteiger partial charge in [-0.15, -0.1) is 0 Å². The second kappa shape index (κ2) is 8.13. The normalized spacial score (nSPS) is 30.4. The highest BCUT2D eigenvalue weighted by molar-refractivity contribution is 5.99. The minimum absolute atomic E-state index is 0.0248. The molecule has 1 aromatic heterocycles. The molecule has 2 aliphatic heterocycles. The van der Waals surface area contributed by atoms with Crippen LogP contribution in [0.2, 0.25) is 0 Å². The number of aliphatic carboxylic acids is 1. The molecule has 2 N–H and O–H groups in total. The lowest BCUT2D eigenvalue weighted by atomic mass is 9.87. The van der Waals surface area contributed by atoms with E-state index in [1.807, 2.05) is 29.3 Å². The van der Waals surface area contributed by atoms with Crippen LogP contribution >= 0.6 is 0 Å². The quantitative estimate of drug-likeness (QED) is 0.748. The molecule has 6 heteroatoms. The van der Waals surface area contributed by atoms with E-state index < -0.39 is 5.97 Å². The van der Waals surface area contributed by atoms with Gasteiger partial charge in [0, 0.05) is 35.3 Å². The third-order valence-corrected chi connectivity index (χ3v) is 7.65. The SMILES string of the molecule is C[C@H]1CC[C@@H](Nc2cc3ccc(C(=O)N4C5CCC4CC(C(=O)O)C5)cc3cn2)CC1. The summed E-state index contributed by atoms with van der Waals surface area (Å²) in [4.78, 5) is 31.3. The first-order valence-corrected chi connectivity index (χ1v) is 11.7. The number of piperidine rings is 1. The molecule has 2 unspecified atom stereocenters. The zero-order chi connectivity index (χ0) is 21.5. The average Bonchev–Trinajstić information content (AvgIpc) is 3.03. The number of benzene rings is 1. The Labute approximate surface area is 183 Å². The molecule has 2 bridgehead atoms. The Bertz CT molecular complexity index is 985. The van der Waals surface area contributed by atoms with Crippen LogP contribution < -0.4 is 5.32 Å². The van der Waals surface area contributed by atoms with Gasteiger partial charge in [0.25, 0.3) is 5.91 Å². The molecule has 3 fully saturated rings. The van der Waals surface area contributed by atoms with Gasteiger partial charge in [-0.25, -0.2) is 4.98 Å². The summed E-state index contributed by atoms with van der Waals surface area (Å²) in [6.45, 7) is 2.32. The van der Waals surface area contributed by atoms with E-state index in [0.717, 1.165) is 35.3 Å². The lowest BCUT2D eigenvalue weighted by Crippen LogP contribution is -2.47. The number of carboxylic acids is 1. The van der Waals surface area contributed by atoms with Crippen molar-refractivity contribution in [1.82, 2.24) is 9.88 Å². The molecule has 0 spiro atoms. The highest BCUT2D eigenvalue weighted by Gasteiger charge is 2.45. The van der Waals surface area contributed by atoms with Crippen LogP contribution in [-0.2, 0) is 4.79 Å². The highest BCUT2D eigenvalue weighted by Crippen LogP contribution is 2.40. The van der Waals surface area contributed by atoms with Gasteiger partial charge in [-0.1, -0.05) is 13.0 Å². The molecule has 1 saturated carbocycles. The molecule has 2 saturated heterocycles. The van der Waals surface area contributed by atoms with Gasteiger partial charge in [0.2, 0.25) is 0 Å². The van der Waals surface area contributed by atoms with E-state index in [9.17, 15) is 14.7 Å². The number of carbonyl (C=O) groups excluding carboxylic acids is 1. The number of aromatic nitrogens is 1. The largest absolute Gasteiger partial charge is 0.481 e. The Morgan fingerprint density at radius 3 is 2.39 bits per heavy atom. The Morgan fingerprint density at radius 2 is 1.71 bits per heavy atom. The first-order valence-electron chi connectivity index (χ1n) is 11.7.